The summed E-state index contributed by atoms with van der Waals surface area (Å²) in [5.74, 6) is -0.510. The first kappa shape index (κ1) is 18.5. The van der Waals surface area contributed by atoms with E-state index in [2.05, 4.69) is 10.3 Å². The van der Waals surface area contributed by atoms with Crippen molar-refractivity contribution >= 4 is 28.7 Å². The second-order valence-corrected chi connectivity index (χ2v) is 7.79. The first-order valence-corrected chi connectivity index (χ1v) is 9.97. The van der Waals surface area contributed by atoms with Crippen molar-refractivity contribution in [1.29, 1.82) is 0 Å². The Balaban J connectivity index is 1.41. The van der Waals surface area contributed by atoms with Crippen LogP contribution in [0.5, 0.6) is 0 Å². The number of hydrogen-bond donors (Lipinski definition) is 2. The number of benzene rings is 1. The summed E-state index contributed by atoms with van der Waals surface area (Å²) < 4.78 is 0. The fraction of sp³-hybridized carbons (Fsp3) is 0.476. The first-order valence-electron chi connectivity index (χ1n) is 9.97. The first-order chi connectivity index (χ1) is 13.5. The van der Waals surface area contributed by atoms with Crippen molar-refractivity contribution < 1.29 is 14.4 Å². The maximum Gasteiger partial charge on any atom is 0.325 e. The topological polar surface area (TPSA) is 85.5 Å². The van der Waals surface area contributed by atoms with Gasteiger partial charge in [-0.05, 0) is 24.5 Å². The predicted octanol–water partition coefficient (Wildman–Crippen LogP) is 2.42. The number of aromatic amines is 1. The van der Waals surface area contributed by atoms with Gasteiger partial charge in [0.05, 0.1) is 0 Å². The Bertz CT molecular complexity index is 900. The van der Waals surface area contributed by atoms with Gasteiger partial charge in [0.1, 0.15) is 12.6 Å². The van der Waals surface area contributed by atoms with Crippen LogP contribution in [0, 0.1) is 0 Å². The molecule has 4 amide bonds. The Kier molecular flexibility index (Phi) is 5.07. The zero-order valence-corrected chi connectivity index (χ0v) is 16.1. The van der Waals surface area contributed by atoms with Gasteiger partial charge in [-0.3, -0.25) is 14.5 Å². The quantitative estimate of drug-likeness (QED) is 0.779. The average Bonchev–Trinajstić information content (AvgIpc) is 3.24. The van der Waals surface area contributed by atoms with Gasteiger partial charge in [-0.15, -0.1) is 0 Å². The molecule has 1 saturated heterocycles. The predicted molar refractivity (Wildman–Crippen MR) is 106 cm³/mol. The van der Waals surface area contributed by atoms with E-state index in [1.165, 1.54) is 6.42 Å². The van der Waals surface area contributed by atoms with Gasteiger partial charge in [0.15, 0.2) is 0 Å². The van der Waals surface area contributed by atoms with Crippen molar-refractivity contribution in [3.63, 3.8) is 0 Å². The maximum absolute atomic E-state index is 12.8. The molecule has 0 radical (unpaired) electrons. The number of hydrogen-bond acceptors (Lipinski definition) is 3. The van der Waals surface area contributed by atoms with Crippen LogP contribution in [0.15, 0.2) is 30.5 Å². The molecular formula is C21H26N4O3. The Morgan fingerprint density at radius 2 is 1.93 bits per heavy atom. The fourth-order valence-corrected chi connectivity index (χ4v) is 4.30. The third kappa shape index (κ3) is 3.48. The Morgan fingerprint density at radius 3 is 2.71 bits per heavy atom. The fourth-order valence-electron chi connectivity index (χ4n) is 4.30. The Morgan fingerprint density at radius 1 is 1.18 bits per heavy atom. The van der Waals surface area contributed by atoms with Crippen LogP contribution in [0.3, 0.4) is 0 Å². The van der Waals surface area contributed by atoms with Crippen molar-refractivity contribution in [3.05, 3.63) is 36.0 Å². The van der Waals surface area contributed by atoms with Gasteiger partial charge in [0, 0.05) is 36.6 Å². The summed E-state index contributed by atoms with van der Waals surface area (Å²) in [6.07, 6.45) is 7.71. The monoisotopic (exact) mass is 382 g/mol. The number of H-pyrrole nitrogens is 1. The van der Waals surface area contributed by atoms with Crippen molar-refractivity contribution in [3.8, 4) is 0 Å². The van der Waals surface area contributed by atoms with E-state index in [1.54, 1.807) is 11.9 Å². The molecule has 1 aliphatic carbocycles. The van der Waals surface area contributed by atoms with E-state index in [-0.39, 0.29) is 24.4 Å². The van der Waals surface area contributed by atoms with E-state index in [9.17, 15) is 14.4 Å². The third-order valence-electron chi connectivity index (χ3n) is 6.02. The van der Waals surface area contributed by atoms with Gasteiger partial charge in [0.2, 0.25) is 5.91 Å². The molecule has 1 atom stereocenters. The van der Waals surface area contributed by atoms with Crippen LogP contribution in [0.2, 0.25) is 0 Å². The number of amides is 4. The lowest BCUT2D eigenvalue weighted by atomic mass is 9.94. The molecule has 4 rings (SSSR count). The largest absolute Gasteiger partial charge is 0.361 e. The number of imide groups is 1. The number of para-hydroxylation sites is 1. The van der Waals surface area contributed by atoms with E-state index in [1.807, 2.05) is 30.5 Å². The van der Waals surface area contributed by atoms with Crippen LogP contribution in [-0.4, -0.2) is 58.3 Å². The lowest BCUT2D eigenvalue weighted by Gasteiger charge is -2.32. The molecule has 2 fully saturated rings. The van der Waals surface area contributed by atoms with Gasteiger partial charge >= 0.3 is 6.03 Å². The van der Waals surface area contributed by atoms with Gasteiger partial charge in [-0.2, -0.15) is 0 Å². The SMILES string of the molecule is CN(C(=O)CN1C(=O)NC(Cc2c[nH]c3ccccc23)C1=O)C1CCCCC1. The lowest BCUT2D eigenvalue weighted by Crippen LogP contribution is -2.46. The number of fused-ring (bicyclic) bond motifs is 1. The molecule has 1 unspecified atom stereocenters. The summed E-state index contributed by atoms with van der Waals surface area (Å²) in [6, 6.07) is 6.94. The Labute approximate surface area is 164 Å². The zero-order chi connectivity index (χ0) is 19.7. The number of nitrogens with one attached hydrogen (secondary N) is 2. The molecule has 148 valence electrons. The van der Waals surface area contributed by atoms with E-state index in [0.29, 0.717) is 6.42 Å². The van der Waals surface area contributed by atoms with Crippen LogP contribution < -0.4 is 5.32 Å². The van der Waals surface area contributed by atoms with Gasteiger partial charge < -0.3 is 15.2 Å². The molecular weight excluding hydrogens is 356 g/mol. The summed E-state index contributed by atoms with van der Waals surface area (Å²) in [6.45, 7) is -0.192. The molecule has 28 heavy (non-hydrogen) atoms. The van der Waals surface area contributed by atoms with Crippen LogP contribution in [0.4, 0.5) is 4.79 Å². The van der Waals surface area contributed by atoms with Crippen molar-refractivity contribution in [1.82, 2.24) is 20.1 Å². The summed E-state index contributed by atoms with van der Waals surface area (Å²) in [5.41, 5.74) is 1.97. The molecule has 1 aliphatic heterocycles. The smallest absolute Gasteiger partial charge is 0.325 e. The molecule has 1 aromatic heterocycles. The van der Waals surface area contributed by atoms with E-state index in [4.69, 9.17) is 0 Å². The second kappa shape index (κ2) is 7.66. The summed E-state index contributed by atoms with van der Waals surface area (Å²) in [5, 5.41) is 3.77. The minimum absolute atomic E-state index is 0.178. The number of carbonyl (C=O) groups is 3. The van der Waals surface area contributed by atoms with Gasteiger partial charge in [0.25, 0.3) is 5.91 Å². The summed E-state index contributed by atoms with van der Waals surface area (Å²) >= 11 is 0. The highest BCUT2D eigenvalue weighted by atomic mass is 16.2. The number of aromatic nitrogens is 1. The highest BCUT2D eigenvalue weighted by Crippen LogP contribution is 2.23. The molecule has 0 bridgehead atoms. The van der Waals surface area contributed by atoms with Crippen LogP contribution in [0.1, 0.15) is 37.7 Å². The highest BCUT2D eigenvalue weighted by molar-refractivity contribution is 6.06. The van der Waals surface area contributed by atoms with Gasteiger partial charge in [-0.1, -0.05) is 37.5 Å². The zero-order valence-electron chi connectivity index (χ0n) is 16.1. The molecule has 2 N–H and O–H groups in total. The lowest BCUT2D eigenvalue weighted by molar-refractivity contribution is -0.138. The molecule has 1 aromatic carbocycles. The van der Waals surface area contributed by atoms with Crippen molar-refractivity contribution in [2.24, 2.45) is 0 Å². The number of urea groups is 1. The molecule has 2 aromatic rings. The molecule has 7 nitrogen and oxygen atoms in total. The number of likely N-dealkylation sites (N-methyl/N-ethyl adjacent to an activating group) is 1. The van der Waals surface area contributed by atoms with Crippen LogP contribution >= 0.6 is 0 Å². The molecule has 7 heteroatoms. The normalized spacial score (nSPS) is 20.6. The minimum atomic E-state index is -0.639. The number of carbonyl (C=O) groups excluding carboxylic acids is 3. The number of rotatable bonds is 5. The standard InChI is InChI=1S/C21H26N4O3/c1-24(15-7-3-2-4-8-15)19(26)13-25-20(27)18(23-21(25)28)11-14-12-22-17-10-6-5-9-16(14)17/h5-6,9-10,12,15,18,22H,2-4,7-8,11,13H2,1H3,(H,23,28). The van der Waals surface area contributed by atoms with Crippen LogP contribution in [-0.2, 0) is 16.0 Å². The molecule has 2 heterocycles. The Hall–Kier alpha value is -2.83. The highest BCUT2D eigenvalue weighted by Gasteiger charge is 2.40. The molecule has 1 saturated carbocycles. The van der Waals surface area contributed by atoms with E-state index < -0.39 is 12.1 Å². The van der Waals surface area contributed by atoms with Gasteiger partial charge in [-0.25, -0.2) is 4.79 Å². The average molecular weight is 382 g/mol. The van der Waals surface area contributed by atoms with Crippen molar-refractivity contribution in [2.45, 2.75) is 50.6 Å². The number of nitrogens with zero attached hydrogens (tertiary/aromatic N) is 2. The van der Waals surface area contributed by atoms with E-state index in [0.717, 1.165) is 47.0 Å². The third-order valence-corrected chi connectivity index (χ3v) is 6.02. The summed E-state index contributed by atoms with van der Waals surface area (Å²) in [7, 11) is 1.78. The molecule has 2 aliphatic rings. The second-order valence-electron chi connectivity index (χ2n) is 7.79. The summed E-state index contributed by atoms with van der Waals surface area (Å²) in [4.78, 5) is 43.7. The molecule has 0 spiro atoms. The van der Waals surface area contributed by atoms with Crippen LogP contribution in [0.25, 0.3) is 10.9 Å². The van der Waals surface area contributed by atoms with E-state index >= 15 is 0 Å². The van der Waals surface area contributed by atoms with Crippen molar-refractivity contribution in [2.75, 3.05) is 13.6 Å². The maximum atomic E-state index is 12.8. The minimum Gasteiger partial charge on any atom is -0.361 e.